The number of hydrogen-bond donors (Lipinski definition) is 1. The molecular formula is C16H33KO4S. The maximum Gasteiger partial charge on any atom is 1.00 e. The van der Waals surface area contributed by atoms with Crippen LogP contribution in [0.4, 0.5) is 0 Å². The van der Waals surface area contributed by atoms with Crippen molar-refractivity contribution in [2.45, 2.75) is 96.5 Å². The number of aliphatic hydroxyl groups excluding tert-OH is 1. The van der Waals surface area contributed by atoms with Crippen molar-refractivity contribution in [2.24, 2.45) is 0 Å². The van der Waals surface area contributed by atoms with Gasteiger partial charge in [0.1, 0.15) is 0 Å². The second-order valence-electron chi connectivity index (χ2n) is 6.03. The molecule has 0 fully saturated rings. The van der Waals surface area contributed by atoms with Crippen molar-refractivity contribution in [1.29, 1.82) is 0 Å². The average molecular weight is 361 g/mol. The molecule has 4 nitrogen and oxygen atoms in total. The summed E-state index contributed by atoms with van der Waals surface area (Å²) in [4.78, 5) is 0. The third-order valence-electron chi connectivity index (χ3n) is 3.82. The Kier molecular flexibility index (Phi) is 20.3. The smallest absolute Gasteiger partial charge is 0.748 e. The van der Waals surface area contributed by atoms with Crippen molar-refractivity contribution in [3.63, 3.8) is 0 Å². The Balaban J connectivity index is 0. The molecule has 0 aromatic heterocycles. The fourth-order valence-corrected chi connectivity index (χ4v) is 3.05. The minimum atomic E-state index is -4.02. The molecule has 0 spiro atoms. The summed E-state index contributed by atoms with van der Waals surface area (Å²) >= 11 is 0. The number of aliphatic hydroxyl groups is 1. The normalized spacial score (nSPS) is 12.9. The van der Waals surface area contributed by atoms with Crippen molar-refractivity contribution in [3.8, 4) is 0 Å². The van der Waals surface area contributed by atoms with Crippen LogP contribution >= 0.6 is 0 Å². The molecule has 0 aliphatic heterocycles. The maximum atomic E-state index is 10.4. The molecule has 0 aromatic carbocycles. The van der Waals surface area contributed by atoms with Crippen LogP contribution in [0, 0.1) is 0 Å². The SMILES string of the molecule is CCCCCC(O)CCCCCCCCCCS(=O)(=O)[O-].[K+]. The Hall–Kier alpha value is 1.51. The van der Waals surface area contributed by atoms with Gasteiger partial charge >= 0.3 is 51.4 Å². The fourth-order valence-electron chi connectivity index (χ4n) is 2.49. The molecule has 0 saturated carbocycles. The minimum absolute atomic E-state index is 0. The third-order valence-corrected chi connectivity index (χ3v) is 4.61. The van der Waals surface area contributed by atoms with Gasteiger partial charge in [-0.25, -0.2) is 8.42 Å². The summed E-state index contributed by atoms with van der Waals surface area (Å²) in [5.74, 6) is -0.219. The molecule has 1 N–H and O–H groups in total. The maximum absolute atomic E-state index is 10.4. The van der Waals surface area contributed by atoms with Crippen molar-refractivity contribution in [1.82, 2.24) is 0 Å². The Bertz CT molecular complexity index is 320. The van der Waals surface area contributed by atoms with Gasteiger partial charge in [-0.15, -0.1) is 0 Å². The van der Waals surface area contributed by atoms with Crippen LogP contribution in [0.15, 0.2) is 0 Å². The van der Waals surface area contributed by atoms with E-state index in [1.165, 1.54) is 25.7 Å². The van der Waals surface area contributed by atoms with E-state index in [1.807, 2.05) is 0 Å². The first-order valence-corrected chi connectivity index (χ1v) is 10.1. The second kappa shape index (κ2) is 17.3. The van der Waals surface area contributed by atoms with Crippen LogP contribution < -0.4 is 51.4 Å². The van der Waals surface area contributed by atoms with E-state index in [4.69, 9.17) is 0 Å². The molecule has 0 radical (unpaired) electrons. The summed E-state index contributed by atoms with van der Waals surface area (Å²) in [5, 5.41) is 9.77. The van der Waals surface area contributed by atoms with Gasteiger partial charge in [-0.05, 0) is 19.3 Å². The summed E-state index contributed by atoms with van der Waals surface area (Å²) in [5.41, 5.74) is 0. The van der Waals surface area contributed by atoms with Gasteiger partial charge in [-0.2, -0.15) is 0 Å². The molecule has 0 saturated heterocycles. The topological polar surface area (TPSA) is 77.4 Å². The summed E-state index contributed by atoms with van der Waals surface area (Å²) in [6.07, 6.45) is 13.3. The predicted octanol–water partition coefficient (Wildman–Crippen LogP) is 0.988. The number of rotatable bonds is 15. The summed E-state index contributed by atoms with van der Waals surface area (Å²) in [6, 6.07) is 0. The zero-order chi connectivity index (χ0) is 16.0. The number of unbranched alkanes of at least 4 members (excludes halogenated alkanes) is 9. The fraction of sp³-hybridized carbons (Fsp3) is 1.00. The van der Waals surface area contributed by atoms with E-state index < -0.39 is 10.1 Å². The third kappa shape index (κ3) is 21.5. The Morgan fingerprint density at radius 1 is 0.818 bits per heavy atom. The van der Waals surface area contributed by atoms with Gasteiger partial charge in [0, 0.05) is 5.75 Å². The predicted molar refractivity (Wildman–Crippen MR) is 86.3 cm³/mol. The quantitative estimate of drug-likeness (QED) is 0.268. The Labute approximate surface area is 180 Å². The first-order valence-electron chi connectivity index (χ1n) is 8.57. The zero-order valence-electron chi connectivity index (χ0n) is 14.6. The molecule has 6 heteroatoms. The molecule has 128 valence electrons. The van der Waals surface area contributed by atoms with Gasteiger partial charge in [0.25, 0.3) is 0 Å². The van der Waals surface area contributed by atoms with E-state index in [1.54, 1.807) is 0 Å². The van der Waals surface area contributed by atoms with E-state index in [0.717, 1.165) is 51.4 Å². The summed E-state index contributed by atoms with van der Waals surface area (Å²) < 4.78 is 31.2. The van der Waals surface area contributed by atoms with Crippen LogP contribution in [0.25, 0.3) is 0 Å². The van der Waals surface area contributed by atoms with Crippen LogP contribution in [0.5, 0.6) is 0 Å². The molecule has 0 amide bonds. The van der Waals surface area contributed by atoms with E-state index in [0.29, 0.717) is 6.42 Å². The Morgan fingerprint density at radius 3 is 1.68 bits per heavy atom. The van der Waals surface area contributed by atoms with Crippen molar-refractivity contribution >= 4 is 10.1 Å². The van der Waals surface area contributed by atoms with Crippen LogP contribution in [-0.2, 0) is 10.1 Å². The Morgan fingerprint density at radius 2 is 1.23 bits per heavy atom. The first-order chi connectivity index (χ1) is 9.95. The van der Waals surface area contributed by atoms with Gasteiger partial charge < -0.3 is 9.66 Å². The van der Waals surface area contributed by atoms with Gasteiger partial charge in [-0.3, -0.25) is 0 Å². The molecule has 1 atom stereocenters. The molecule has 0 rings (SSSR count). The monoisotopic (exact) mass is 360 g/mol. The van der Waals surface area contributed by atoms with Gasteiger partial charge in [0.2, 0.25) is 0 Å². The van der Waals surface area contributed by atoms with Crippen LogP contribution in [-0.4, -0.2) is 29.9 Å². The van der Waals surface area contributed by atoms with Crippen LogP contribution in [0.2, 0.25) is 0 Å². The van der Waals surface area contributed by atoms with Crippen molar-refractivity contribution in [2.75, 3.05) is 5.75 Å². The number of hydrogen-bond acceptors (Lipinski definition) is 4. The minimum Gasteiger partial charge on any atom is -0.748 e. The zero-order valence-corrected chi connectivity index (χ0v) is 18.5. The molecular weight excluding hydrogens is 327 g/mol. The molecule has 1 unspecified atom stereocenters. The molecule has 0 aromatic rings. The molecule has 0 heterocycles. The van der Waals surface area contributed by atoms with Gasteiger partial charge in [0.15, 0.2) is 0 Å². The average Bonchev–Trinajstić information content (AvgIpc) is 2.40. The van der Waals surface area contributed by atoms with E-state index in [9.17, 15) is 18.1 Å². The van der Waals surface area contributed by atoms with Crippen LogP contribution in [0.1, 0.15) is 90.4 Å². The first kappa shape index (κ1) is 25.7. The van der Waals surface area contributed by atoms with E-state index >= 15 is 0 Å². The molecule has 22 heavy (non-hydrogen) atoms. The molecule has 0 aliphatic carbocycles. The van der Waals surface area contributed by atoms with Crippen molar-refractivity contribution in [3.05, 3.63) is 0 Å². The summed E-state index contributed by atoms with van der Waals surface area (Å²) in [7, 11) is -4.02. The van der Waals surface area contributed by atoms with Crippen LogP contribution in [0.3, 0.4) is 0 Å². The van der Waals surface area contributed by atoms with Gasteiger partial charge in [0.05, 0.1) is 16.2 Å². The standard InChI is InChI=1S/C16H34O4S.K/c1-2-3-10-13-16(17)14-11-8-6-4-5-7-9-12-15-21(18,19)20;/h16-17H,2-15H2,1H3,(H,18,19,20);/q;+1/p-1. The van der Waals surface area contributed by atoms with E-state index in [-0.39, 0.29) is 63.2 Å². The van der Waals surface area contributed by atoms with Gasteiger partial charge in [-0.1, -0.05) is 71.1 Å². The molecule has 0 bridgehead atoms. The van der Waals surface area contributed by atoms with Crippen molar-refractivity contribution < 1.29 is 69.5 Å². The second-order valence-corrected chi connectivity index (χ2v) is 7.55. The molecule has 0 aliphatic rings. The van der Waals surface area contributed by atoms with E-state index in [2.05, 4.69) is 6.92 Å². The summed E-state index contributed by atoms with van der Waals surface area (Å²) in [6.45, 7) is 2.17. The largest absolute Gasteiger partial charge is 1.00 e.